The van der Waals surface area contributed by atoms with Gasteiger partial charge in [0, 0.05) is 29.5 Å². The third-order valence-corrected chi connectivity index (χ3v) is 3.00. The van der Waals surface area contributed by atoms with Crippen molar-refractivity contribution in [2.45, 2.75) is 0 Å². The first-order chi connectivity index (χ1) is 8.15. The summed E-state index contributed by atoms with van der Waals surface area (Å²) in [6, 6.07) is 7.42. The molecule has 0 radical (unpaired) electrons. The van der Waals surface area contributed by atoms with E-state index in [9.17, 15) is 4.79 Å². The minimum Gasteiger partial charge on any atom is -0.347 e. The number of halogens is 1. The number of aryl methyl sites for hydroxylation is 1. The lowest BCUT2D eigenvalue weighted by Gasteiger charge is -2.04. The van der Waals surface area contributed by atoms with Crippen molar-refractivity contribution >= 4 is 28.4 Å². The fourth-order valence-corrected chi connectivity index (χ4v) is 2.02. The Balaban J connectivity index is 2.48. The molecule has 17 heavy (non-hydrogen) atoms. The number of aromatic nitrogens is 1. The summed E-state index contributed by atoms with van der Waals surface area (Å²) in [6.45, 7) is 4.02. The van der Waals surface area contributed by atoms with Crippen LogP contribution >= 0.6 is 11.6 Å². The summed E-state index contributed by atoms with van der Waals surface area (Å²) in [5.41, 5.74) is 1.54. The maximum Gasteiger partial charge on any atom is 0.268 e. The highest BCUT2D eigenvalue weighted by atomic mass is 35.5. The highest BCUT2D eigenvalue weighted by Crippen LogP contribution is 2.25. The van der Waals surface area contributed by atoms with Gasteiger partial charge < -0.3 is 9.88 Å². The van der Waals surface area contributed by atoms with E-state index >= 15 is 0 Å². The summed E-state index contributed by atoms with van der Waals surface area (Å²) < 4.78 is 1.83. The van der Waals surface area contributed by atoms with Gasteiger partial charge in [-0.2, -0.15) is 0 Å². The van der Waals surface area contributed by atoms with E-state index in [1.807, 2.05) is 29.8 Å². The second-order valence-electron chi connectivity index (χ2n) is 3.76. The van der Waals surface area contributed by atoms with Crippen LogP contribution in [0.2, 0.25) is 5.02 Å². The first kappa shape index (κ1) is 11.7. The number of benzene rings is 1. The van der Waals surface area contributed by atoms with Crippen molar-refractivity contribution in [2.75, 3.05) is 6.54 Å². The molecular formula is C13H13ClN2O. The molecule has 1 N–H and O–H groups in total. The van der Waals surface area contributed by atoms with Crippen LogP contribution in [0.1, 0.15) is 10.5 Å². The summed E-state index contributed by atoms with van der Waals surface area (Å²) in [4.78, 5) is 11.9. The predicted octanol–water partition coefficient (Wildman–Crippen LogP) is 2.75. The Hall–Kier alpha value is -1.74. The van der Waals surface area contributed by atoms with E-state index in [0.29, 0.717) is 17.3 Å². The molecule has 1 aromatic carbocycles. The van der Waals surface area contributed by atoms with Crippen LogP contribution in [0.3, 0.4) is 0 Å². The first-order valence-corrected chi connectivity index (χ1v) is 5.66. The Labute approximate surface area is 105 Å². The van der Waals surface area contributed by atoms with Gasteiger partial charge in [-0.1, -0.05) is 23.7 Å². The molecule has 0 fully saturated rings. The van der Waals surface area contributed by atoms with Crippen molar-refractivity contribution in [1.29, 1.82) is 0 Å². The van der Waals surface area contributed by atoms with Gasteiger partial charge in [0.2, 0.25) is 0 Å². The van der Waals surface area contributed by atoms with E-state index in [1.165, 1.54) is 0 Å². The van der Waals surface area contributed by atoms with Crippen molar-refractivity contribution in [3.63, 3.8) is 0 Å². The molecule has 3 nitrogen and oxygen atoms in total. The standard InChI is InChI=1S/C13H13ClN2O/c1-3-7-15-13(17)12-8-9-10(14)5-4-6-11(9)16(12)2/h3-6,8H,1,7H2,2H3,(H,15,17). The number of fused-ring (bicyclic) bond motifs is 1. The van der Waals surface area contributed by atoms with Gasteiger partial charge in [-0.3, -0.25) is 4.79 Å². The zero-order valence-corrected chi connectivity index (χ0v) is 10.3. The zero-order valence-electron chi connectivity index (χ0n) is 9.53. The van der Waals surface area contributed by atoms with Gasteiger partial charge in [0.15, 0.2) is 0 Å². The number of amides is 1. The fourth-order valence-electron chi connectivity index (χ4n) is 1.80. The van der Waals surface area contributed by atoms with Gasteiger partial charge >= 0.3 is 0 Å². The summed E-state index contributed by atoms with van der Waals surface area (Å²) >= 11 is 6.09. The van der Waals surface area contributed by atoms with E-state index in [2.05, 4.69) is 11.9 Å². The Morgan fingerprint density at radius 1 is 1.59 bits per heavy atom. The molecule has 88 valence electrons. The van der Waals surface area contributed by atoms with Gasteiger partial charge in [0.1, 0.15) is 5.69 Å². The zero-order chi connectivity index (χ0) is 12.4. The average Bonchev–Trinajstić information content (AvgIpc) is 2.66. The molecule has 2 rings (SSSR count). The molecule has 1 heterocycles. The molecule has 0 bridgehead atoms. The molecular weight excluding hydrogens is 236 g/mol. The van der Waals surface area contributed by atoms with Crippen molar-refractivity contribution < 1.29 is 4.79 Å². The van der Waals surface area contributed by atoms with Crippen LogP contribution in [0.5, 0.6) is 0 Å². The predicted molar refractivity (Wildman–Crippen MR) is 70.5 cm³/mol. The van der Waals surface area contributed by atoms with Crippen molar-refractivity contribution in [3.05, 3.63) is 47.6 Å². The number of carbonyl (C=O) groups excluding carboxylic acids is 1. The Bertz CT molecular complexity index is 586. The minimum absolute atomic E-state index is 0.125. The highest BCUT2D eigenvalue weighted by molar-refractivity contribution is 6.35. The Morgan fingerprint density at radius 2 is 2.35 bits per heavy atom. The van der Waals surface area contributed by atoms with Gasteiger partial charge in [-0.15, -0.1) is 6.58 Å². The van der Waals surface area contributed by atoms with Gasteiger partial charge in [-0.25, -0.2) is 0 Å². The monoisotopic (exact) mass is 248 g/mol. The maximum atomic E-state index is 11.9. The number of nitrogens with one attached hydrogen (secondary N) is 1. The smallest absolute Gasteiger partial charge is 0.268 e. The summed E-state index contributed by atoms with van der Waals surface area (Å²) in [5, 5.41) is 4.29. The second kappa shape index (κ2) is 4.63. The number of nitrogens with zero attached hydrogens (tertiary/aromatic N) is 1. The van der Waals surface area contributed by atoms with Crippen LogP contribution in [0, 0.1) is 0 Å². The number of hydrogen-bond donors (Lipinski definition) is 1. The summed E-state index contributed by atoms with van der Waals surface area (Å²) in [7, 11) is 1.85. The summed E-state index contributed by atoms with van der Waals surface area (Å²) in [6.07, 6.45) is 1.65. The molecule has 0 atom stereocenters. The normalized spacial score (nSPS) is 10.5. The number of hydrogen-bond acceptors (Lipinski definition) is 1. The average molecular weight is 249 g/mol. The Morgan fingerprint density at radius 3 is 3.00 bits per heavy atom. The molecule has 0 aliphatic heterocycles. The molecule has 4 heteroatoms. The lowest BCUT2D eigenvalue weighted by molar-refractivity contribution is 0.0950. The fraction of sp³-hybridized carbons (Fsp3) is 0.154. The van der Waals surface area contributed by atoms with Crippen LogP contribution < -0.4 is 5.32 Å². The van der Waals surface area contributed by atoms with Crippen LogP contribution in [-0.2, 0) is 7.05 Å². The van der Waals surface area contributed by atoms with Crippen LogP contribution in [0.4, 0.5) is 0 Å². The third kappa shape index (κ3) is 2.06. The van der Waals surface area contributed by atoms with E-state index in [1.54, 1.807) is 12.1 Å². The molecule has 2 aromatic rings. The molecule has 0 aliphatic rings. The second-order valence-corrected chi connectivity index (χ2v) is 4.17. The summed E-state index contributed by atoms with van der Waals surface area (Å²) in [5.74, 6) is -0.125. The lowest BCUT2D eigenvalue weighted by atomic mass is 10.2. The quantitative estimate of drug-likeness (QED) is 0.833. The van der Waals surface area contributed by atoms with Crippen molar-refractivity contribution in [2.24, 2.45) is 7.05 Å². The molecule has 0 saturated carbocycles. The number of rotatable bonds is 3. The molecule has 1 aromatic heterocycles. The van der Waals surface area contributed by atoms with Gasteiger partial charge in [-0.05, 0) is 18.2 Å². The highest BCUT2D eigenvalue weighted by Gasteiger charge is 2.13. The van der Waals surface area contributed by atoms with E-state index < -0.39 is 0 Å². The van der Waals surface area contributed by atoms with E-state index in [-0.39, 0.29) is 5.91 Å². The van der Waals surface area contributed by atoms with E-state index in [4.69, 9.17) is 11.6 Å². The minimum atomic E-state index is -0.125. The number of carbonyl (C=O) groups is 1. The van der Waals surface area contributed by atoms with Crippen molar-refractivity contribution in [1.82, 2.24) is 9.88 Å². The Kier molecular flexibility index (Phi) is 3.20. The third-order valence-electron chi connectivity index (χ3n) is 2.67. The maximum absolute atomic E-state index is 11.9. The largest absolute Gasteiger partial charge is 0.347 e. The van der Waals surface area contributed by atoms with Crippen LogP contribution in [0.25, 0.3) is 10.9 Å². The first-order valence-electron chi connectivity index (χ1n) is 5.28. The molecule has 1 amide bonds. The molecule has 0 saturated heterocycles. The van der Waals surface area contributed by atoms with E-state index in [0.717, 1.165) is 10.9 Å². The van der Waals surface area contributed by atoms with Crippen LogP contribution in [-0.4, -0.2) is 17.0 Å². The van der Waals surface area contributed by atoms with Gasteiger partial charge in [0.05, 0.1) is 0 Å². The van der Waals surface area contributed by atoms with Gasteiger partial charge in [0.25, 0.3) is 5.91 Å². The lowest BCUT2D eigenvalue weighted by Crippen LogP contribution is -2.25. The molecule has 0 aliphatic carbocycles. The molecule has 0 unspecified atom stereocenters. The molecule has 0 spiro atoms. The topological polar surface area (TPSA) is 34.0 Å². The SMILES string of the molecule is C=CCNC(=O)c1cc2c(Cl)cccc2n1C. The van der Waals surface area contributed by atoms with Crippen LogP contribution in [0.15, 0.2) is 36.9 Å². The van der Waals surface area contributed by atoms with Crippen molar-refractivity contribution in [3.8, 4) is 0 Å².